The average Bonchev–Trinajstić information content (AvgIpc) is 3.34. The number of hydrogen-bond donors (Lipinski definition) is 0. The molecule has 0 bridgehead atoms. The third-order valence-corrected chi connectivity index (χ3v) is 17.3. The molecule has 0 radical (unpaired) electrons. The standard InChI is InChI=1S/C66H120NO2/c1-9-11-13-15-17-19-21-23-25-27-29-31-33-35-37-42-50-68-56-62(69-51-43-38-36-34-32-30-28-26-24-22-20-18-16-14-12-10-2)55-67(54-61-44-40-39-41-45-61,65-52-59(7)46-48-63(65)57(3)4)66-53-60(8)47-49-64(66)58(5)6/h23-26,39-41,44-45,57-60,62-66H,9-22,27-38,42-43,46-56H2,1-8H3/q+1. The second kappa shape index (κ2) is 40.0. The third-order valence-electron chi connectivity index (χ3n) is 17.3. The largest absolute Gasteiger partial charge is 0.379 e. The van der Waals surface area contributed by atoms with Gasteiger partial charge in [0.15, 0.2) is 0 Å². The summed E-state index contributed by atoms with van der Waals surface area (Å²) >= 11 is 0. The molecule has 400 valence electrons. The zero-order chi connectivity index (χ0) is 49.6. The van der Waals surface area contributed by atoms with Crippen molar-refractivity contribution < 1.29 is 14.0 Å². The first kappa shape index (κ1) is 61.9. The van der Waals surface area contributed by atoms with E-state index in [0.717, 1.165) is 56.6 Å². The zero-order valence-corrected chi connectivity index (χ0v) is 47.7. The van der Waals surface area contributed by atoms with E-state index in [1.807, 2.05) is 0 Å². The Morgan fingerprint density at radius 2 is 0.884 bits per heavy atom. The highest BCUT2D eigenvalue weighted by atomic mass is 16.5. The lowest BCUT2D eigenvalue weighted by atomic mass is 9.67. The Hall–Kier alpha value is -1.42. The fourth-order valence-electron chi connectivity index (χ4n) is 13.0. The minimum Gasteiger partial charge on any atom is -0.379 e. The van der Waals surface area contributed by atoms with Gasteiger partial charge < -0.3 is 14.0 Å². The number of benzene rings is 1. The summed E-state index contributed by atoms with van der Waals surface area (Å²) < 4.78 is 15.3. The lowest BCUT2D eigenvalue weighted by molar-refractivity contribution is -0.998. The molecule has 3 nitrogen and oxygen atoms in total. The van der Waals surface area contributed by atoms with Crippen molar-refractivity contribution in [2.24, 2.45) is 35.5 Å². The van der Waals surface area contributed by atoms with Gasteiger partial charge in [0.2, 0.25) is 0 Å². The van der Waals surface area contributed by atoms with Gasteiger partial charge in [0.05, 0.1) is 18.7 Å². The Balaban J connectivity index is 1.65. The van der Waals surface area contributed by atoms with Gasteiger partial charge in [-0.1, -0.05) is 226 Å². The van der Waals surface area contributed by atoms with Crippen LogP contribution in [0.1, 0.15) is 279 Å². The van der Waals surface area contributed by atoms with Gasteiger partial charge in [0, 0.05) is 43.5 Å². The predicted octanol–water partition coefficient (Wildman–Crippen LogP) is 20.4. The van der Waals surface area contributed by atoms with Gasteiger partial charge in [0.1, 0.15) is 19.2 Å². The molecule has 0 spiro atoms. The molecular weight excluding hydrogens is 839 g/mol. The molecule has 0 amide bonds. The van der Waals surface area contributed by atoms with Gasteiger partial charge in [-0.25, -0.2) is 0 Å². The summed E-state index contributed by atoms with van der Waals surface area (Å²) in [7, 11) is 0. The summed E-state index contributed by atoms with van der Waals surface area (Å²) in [6, 6.07) is 13.0. The lowest BCUT2D eigenvalue weighted by Crippen LogP contribution is -2.70. The molecule has 3 heteroatoms. The number of hydrogen-bond acceptors (Lipinski definition) is 2. The Bertz CT molecular complexity index is 1320. The quantitative estimate of drug-likeness (QED) is 0.0369. The normalized spacial score (nSPS) is 22.6. The molecule has 7 unspecified atom stereocenters. The van der Waals surface area contributed by atoms with E-state index in [4.69, 9.17) is 9.47 Å². The van der Waals surface area contributed by atoms with E-state index < -0.39 is 0 Å². The fourth-order valence-corrected chi connectivity index (χ4v) is 13.0. The molecule has 2 saturated carbocycles. The molecule has 3 rings (SSSR count). The Morgan fingerprint density at radius 1 is 0.493 bits per heavy atom. The van der Waals surface area contributed by atoms with E-state index in [9.17, 15) is 0 Å². The molecule has 0 saturated heterocycles. The maximum Gasteiger partial charge on any atom is 0.130 e. The Labute approximate surface area is 432 Å². The van der Waals surface area contributed by atoms with Crippen molar-refractivity contribution >= 4 is 0 Å². The van der Waals surface area contributed by atoms with Crippen molar-refractivity contribution in [2.45, 2.75) is 298 Å². The number of allylic oxidation sites excluding steroid dienone is 4. The number of ether oxygens (including phenoxy) is 2. The summed E-state index contributed by atoms with van der Waals surface area (Å²) in [5, 5.41) is 0. The smallest absolute Gasteiger partial charge is 0.130 e. The first-order chi connectivity index (χ1) is 33.7. The fraction of sp³-hybridized carbons (Fsp3) is 0.848. The van der Waals surface area contributed by atoms with Crippen LogP contribution in [-0.4, -0.2) is 49.0 Å². The van der Waals surface area contributed by atoms with Crippen molar-refractivity contribution in [1.82, 2.24) is 0 Å². The van der Waals surface area contributed by atoms with Crippen molar-refractivity contribution in [1.29, 1.82) is 0 Å². The summed E-state index contributed by atoms with van der Waals surface area (Å²) in [6.07, 6.45) is 55.7. The summed E-state index contributed by atoms with van der Waals surface area (Å²) in [6.45, 7) is 24.7. The first-order valence-electron chi connectivity index (χ1n) is 31.1. The van der Waals surface area contributed by atoms with Gasteiger partial charge in [-0.15, -0.1) is 0 Å². The maximum atomic E-state index is 7.26. The molecule has 69 heavy (non-hydrogen) atoms. The van der Waals surface area contributed by atoms with Crippen LogP contribution in [-0.2, 0) is 16.0 Å². The van der Waals surface area contributed by atoms with Gasteiger partial charge in [-0.2, -0.15) is 0 Å². The molecule has 0 N–H and O–H groups in total. The van der Waals surface area contributed by atoms with Crippen molar-refractivity contribution in [3.63, 3.8) is 0 Å². The first-order valence-corrected chi connectivity index (χ1v) is 31.1. The number of nitrogens with zero attached hydrogens (tertiary/aromatic N) is 1. The molecule has 1 aromatic carbocycles. The van der Waals surface area contributed by atoms with Gasteiger partial charge in [0.25, 0.3) is 0 Å². The highest BCUT2D eigenvalue weighted by Gasteiger charge is 2.54. The van der Waals surface area contributed by atoms with Crippen LogP contribution in [0.25, 0.3) is 0 Å². The van der Waals surface area contributed by atoms with E-state index in [0.29, 0.717) is 23.9 Å². The minimum atomic E-state index is 0.126. The predicted molar refractivity (Wildman–Crippen MR) is 305 cm³/mol. The zero-order valence-electron chi connectivity index (χ0n) is 47.7. The van der Waals surface area contributed by atoms with E-state index >= 15 is 0 Å². The third kappa shape index (κ3) is 26.9. The number of rotatable bonds is 43. The summed E-state index contributed by atoms with van der Waals surface area (Å²) in [4.78, 5) is 0. The molecule has 0 heterocycles. The molecule has 2 aliphatic rings. The maximum absolute atomic E-state index is 7.26. The van der Waals surface area contributed by atoms with Gasteiger partial charge in [-0.05, 0) is 114 Å². The van der Waals surface area contributed by atoms with E-state index in [2.05, 4.69) is 110 Å². The Morgan fingerprint density at radius 3 is 1.30 bits per heavy atom. The van der Waals surface area contributed by atoms with Crippen LogP contribution in [0.3, 0.4) is 0 Å². The number of quaternary nitrogens is 1. The SMILES string of the molecule is CCCCCCCCC=CCCCCCCCCOCC(C[N+](Cc1ccccc1)(C1CC(C)CCC1C(C)C)C1CC(C)CCC1C(C)C)OCCCCCCCCC=CCCCCCCCC. The monoisotopic (exact) mass is 959 g/mol. The molecule has 2 aliphatic carbocycles. The topological polar surface area (TPSA) is 18.5 Å². The van der Waals surface area contributed by atoms with E-state index in [1.54, 1.807) is 0 Å². The summed E-state index contributed by atoms with van der Waals surface area (Å²) in [5.41, 5.74) is 1.52. The second-order valence-corrected chi connectivity index (χ2v) is 24.2. The van der Waals surface area contributed by atoms with Crippen LogP contribution < -0.4 is 0 Å². The molecule has 2 fully saturated rings. The van der Waals surface area contributed by atoms with Crippen molar-refractivity contribution in [2.75, 3.05) is 26.4 Å². The van der Waals surface area contributed by atoms with Crippen LogP contribution in [0.5, 0.6) is 0 Å². The average molecular weight is 960 g/mol. The molecular formula is C66H120NO2+. The second-order valence-electron chi connectivity index (χ2n) is 24.2. The molecule has 1 aromatic rings. The van der Waals surface area contributed by atoms with Crippen LogP contribution in [0.4, 0.5) is 0 Å². The highest BCUT2D eigenvalue weighted by molar-refractivity contribution is 5.14. The summed E-state index contributed by atoms with van der Waals surface area (Å²) in [5.74, 6) is 4.43. The van der Waals surface area contributed by atoms with E-state index in [-0.39, 0.29) is 6.10 Å². The van der Waals surface area contributed by atoms with Crippen molar-refractivity contribution in [3.05, 3.63) is 60.2 Å². The van der Waals surface area contributed by atoms with Crippen molar-refractivity contribution in [3.8, 4) is 0 Å². The van der Waals surface area contributed by atoms with Crippen LogP contribution in [0, 0.1) is 35.5 Å². The molecule has 0 aromatic heterocycles. The van der Waals surface area contributed by atoms with Crippen LogP contribution in [0.2, 0.25) is 0 Å². The lowest BCUT2D eigenvalue weighted by Gasteiger charge is -2.59. The van der Waals surface area contributed by atoms with Gasteiger partial charge >= 0.3 is 0 Å². The molecule has 0 aliphatic heterocycles. The number of unbranched alkanes of at least 4 members (excludes halogenated alkanes) is 24. The molecule has 7 atom stereocenters. The van der Waals surface area contributed by atoms with Crippen LogP contribution in [0.15, 0.2) is 54.6 Å². The minimum absolute atomic E-state index is 0.126. The highest BCUT2D eigenvalue weighted by Crippen LogP contribution is 2.48. The van der Waals surface area contributed by atoms with E-state index in [1.165, 1.54) is 228 Å². The van der Waals surface area contributed by atoms with Gasteiger partial charge in [-0.3, -0.25) is 0 Å². The Kier molecular flexibility index (Phi) is 35.9. The van der Waals surface area contributed by atoms with Crippen LogP contribution >= 0.6 is 0 Å².